The highest BCUT2D eigenvalue weighted by Crippen LogP contribution is 2.31. The molecular weight excluding hydrogens is 480 g/mol. The maximum atomic E-state index is 13.9. The number of fused-ring (bicyclic) bond motifs is 3. The number of carbonyl (C=O) groups excluding carboxylic acids is 1. The minimum absolute atomic E-state index is 0.0295. The van der Waals surface area contributed by atoms with Crippen LogP contribution in [0.1, 0.15) is 45.7 Å². The average molecular weight is 517 g/mol. The summed E-state index contributed by atoms with van der Waals surface area (Å²) < 4.78 is 6.56. The molecule has 0 fully saturated rings. The molecule has 7 nitrogen and oxygen atoms in total. The molecule has 0 saturated carbocycles. The van der Waals surface area contributed by atoms with Crippen molar-refractivity contribution < 1.29 is 24.5 Å². The lowest BCUT2D eigenvalue weighted by Crippen LogP contribution is -2.47. The molecule has 0 aliphatic carbocycles. The van der Waals surface area contributed by atoms with Crippen molar-refractivity contribution in [3.05, 3.63) is 95.1 Å². The van der Waals surface area contributed by atoms with Crippen LogP contribution in [-0.4, -0.2) is 70.8 Å². The predicted octanol–water partition coefficient (Wildman–Crippen LogP) is 4.54. The maximum Gasteiger partial charge on any atom is 0.335 e. The van der Waals surface area contributed by atoms with Gasteiger partial charge in [-0.2, -0.15) is 0 Å². The van der Waals surface area contributed by atoms with Crippen LogP contribution in [0.3, 0.4) is 0 Å². The van der Waals surface area contributed by atoms with Gasteiger partial charge >= 0.3 is 5.97 Å². The summed E-state index contributed by atoms with van der Waals surface area (Å²) in [6, 6.07) is 22.2. The van der Waals surface area contributed by atoms with Crippen molar-refractivity contribution in [3.63, 3.8) is 0 Å². The molecule has 1 aliphatic rings. The number of hydrogen-bond donors (Lipinski definition) is 2. The Bertz CT molecular complexity index is 1280. The summed E-state index contributed by atoms with van der Waals surface area (Å²) in [5, 5.41) is 19.3. The second-order valence-electron chi connectivity index (χ2n) is 10.2. The number of carboxylic acids is 1. The first-order valence-electron chi connectivity index (χ1n) is 13.0. The number of rotatable bonds is 7. The Kier molecular flexibility index (Phi) is 8.94. The lowest BCUT2D eigenvalue weighted by atomic mass is 9.94. The van der Waals surface area contributed by atoms with E-state index in [1.807, 2.05) is 68.6 Å². The minimum atomic E-state index is -0.947. The van der Waals surface area contributed by atoms with E-state index in [0.717, 1.165) is 22.3 Å². The van der Waals surface area contributed by atoms with Gasteiger partial charge in [0.2, 0.25) is 0 Å². The molecular formula is C31H36N2O5. The van der Waals surface area contributed by atoms with Crippen molar-refractivity contribution in [3.8, 4) is 11.1 Å². The second kappa shape index (κ2) is 12.3. The Morgan fingerprint density at radius 2 is 1.74 bits per heavy atom. The molecule has 1 aliphatic heterocycles. The smallest absolute Gasteiger partial charge is 0.335 e. The van der Waals surface area contributed by atoms with Gasteiger partial charge < -0.3 is 19.8 Å². The number of nitrogens with zero attached hydrogens (tertiary/aromatic N) is 2. The number of likely N-dealkylation sites (N-methyl/N-ethyl adjacent to an activating group) is 1. The lowest BCUT2D eigenvalue weighted by molar-refractivity contribution is -0.0241. The van der Waals surface area contributed by atoms with E-state index in [1.165, 1.54) is 0 Å². The highest BCUT2D eigenvalue weighted by Gasteiger charge is 2.30. The molecule has 0 bridgehead atoms. The summed E-state index contributed by atoms with van der Waals surface area (Å²) in [5.41, 5.74) is 4.60. The van der Waals surface area contributed by atoms with E-state index in [9.17, 15) is 19.8 Å². The number of carboxylic acid groups (broad SMARTS) is 1. The van der Waals surface area contributed by atoms with Gasteiger partial charge in [-0.25, -0.2) is 4.79 Å². The quantitative estimate of drug-likeness (QED) is 0.479. The number of carbonyl (C=O) groups is 2. The standard InChI is InChI=1S/C31H36N2O5/c1-21-16-33(22(2)19-34)30(35)28-14-7-6-13-27(28)26-12-5-4-10-25(26)20-38-29(21)18-32(3)17-23-9-8-11-24(15-23)31(36)37/h4-15,21-22,29,34H,16-20H2,1-3H3,(H,36,37)/t21-,22+,29+/m0/s1. The molecule has 0 aromatic heterocycles. The zero-order valence-corrected chi connectivity index (χ0v) is 22.2. The van der Waals surface area contributed by atoms with Crippen LogP contribution in [0.15, 0.2) is 72.8 Å². The summed E-state index contributed by atoms with van der Waals surface area (Å²) >= 11 is 0. The number of ether oxygens (including phenoxy) is 1. The maximum absolute atomic E-state index is 13.9. The third kappa shape index (κ3) is 6.30. The average Bonchev–Trinajstić information content (AvgIpc) is 2.94. The van der Waals surface area contributed by atoms with Crippen molar-refractivity contribution in [1.29, 1.82) is 0 Å². The van der Waals surface area contributed by atoms with E-state index in [-0.39, 0.29) is 36.1 Å². The van der Waals surface area contributed by atoms with Gasteiger partial charge in [0.15, 0.2) is 0 Å². The summed E-state index contributed by atoms with van der Waals surface area (Å²) in [4.78, 5) is 29.2. The highest BCUT2D eigenvalue weighted by atomic mass is 16.5. The lowest BCUT2D eigenvalue weighted by Gasteiger charge is -2.35. The van der Waals surface area contributed by atoms with Crippen LogP contribution in [0.5, 0.6) is 0 Å². The molecule has 1 amide bonds. The Morgan fingerprint density at radius 1 is 1.05 bits per heavy atom. The summed E-state index contributed by atoms with van der Waals surface area (Å²) in [7, 11) is 1.98. The van der Waals surface area contributed by atoms with Crippen LogP contribution < -0.4 is 0 Å². The molecule has 0 saturated heterocycles. The summed E-state index contributed by atoms with van der Waals surface area (Å²) in [6.07, 6.45) is -0.210. The van der Waals surface area contributed by atoms with Crippen molar-refractivity contribution >= 4 is 11.9 Å². The second-order valence-corrected chi connectivity index (χ2v) is 10.2. The van der Waals surface area contributed by atoms with Gasteiger partial charge in [-0.1, -0.05) is 61.5 Å². The molecule has 0 radical (unpaired) electrons. The van der Waals surface area contributed by atoms with Gasteiger partial charge in [0, 0.05) is 31.1 Å². The molecule has 1 heterocycles. The third-order valence-electron chi connectivity index (χ3n) is 7.21. The van der Waals surface area contributed by atoms with Crippen LogP contribution in [-0.2, 0) is 17.9 Å². The monoisotopic (exact) mass is 516 g/mol. The van der Waals surface area contributed by atoms with Gasteiger partial charge in [-0.05, 0) is 54.4 Å². The zero-order valence-electron chi connectivity index (χ0n) is 22.2. The van der Waals surface area contributed by atoms with Crippen LogP contribution in [0.25, 0.3) is 11.1 Å². The Labute approximate surface area is 224 Å². The number of aliphatic hydroxyl groups excluding tert-OH is 1. The van der Waals surface area contributed by atoms with E-state index >= 15 is 0 Å². The predicted molar refractivity (Wildman–Crippen MR) is 147 cm³/mol. The Morgan fingerprint density at radius 3 is 2.45 bits per heavy atom. The van der Waals surface area contributed by atoms with Crippen LogP contribution in [0.4, 0.5) is 0 Å². The van der Waals surface area contributed by atoms with E-state index < -0.39 is 5.97 Å². The molecule has 3 aromatic carbocycles. The molecule has 7 heteroatoms. The SMILES string of the molecule is C[C@H](CO)N1C[C@H](C)[C@@H](CN(C)Cc2cccc(C(=O)O)c2)OCc2ccccc2-c2ccccc2C1=O. The van der Waals surface area contributed by atoms with Crippen molar-refractivity contribution in [2.45, 2.75) is 39.1 Å². The van der Waals surface area contributed by atoms with Gasteiger partial charge in [0.25, 0.3) is 5.91 Å². The number of aliphatic hydroxyl groups is 1. The molecule has 4 rings (SSSR count). The van der Waals surface area contributed by atoms with E-state index in [1.54, 1.807) is 23.1 Å². The van der Waals surface area contributed by atoms with E-state index in [4.69, 9.17) is 4.74 Å². The molecule has 2 N–H and O–H groups in total. The fourth-order valence-electron chi connectivity index (χ4n) is 5.04. The first-order valence-corrected chi connectivity index (χ1v) is 13.0. The van der Waals surface area contributed by atoms with Gasteiger partial charge in [0.1, 0.15) is 0 Å². The molecule has 3 aromatic rings. The van der Waals surface area contributed by atoms with Gasteiger partial charge in [-0.15, -0.1) is 0 Å². The van der Waals surface area contributed by atoms with Gasteiger partial charge in [0.05, 0.1) is 30.9 Å². The number of benzene rings is 3. The molecule has 0 spiro atoms. The fourth-order valence-corrected chi connectivity index (χ4v) is 5.04. The summed E-state index contributed by atoms with van der Waals surface area (Å²) in [5.74, 6) is -1.08. The largest absolute Gasteiger partial charge is 0.478 e. The molecule has 0 unspecified atom stereocenters. The number of aromatic carboxylic acids is 1. The van der Waals surface area contributed by atoms with Crippen LogP contribution in [0, 0.1) is 5.92 Å². The van der Waals surface area contributed by atoms with E-state index in [2.05, 4.69) is 11.8 Å². The fraction of sp³-hybridized carbons (Fsp3) is 0.355. The summed E-state index contributed by atoms with van der Waals surface area (Å²) in [6.45, 7) is 5.77. The Balaban J connectivity index is 1.65. The molecule has 3 atom stereocenters. The van der Waals surface area contributed by atoms with Gasteiger partial charge in [-0.3, -0.25) is 9.69 Å². The van der Waals surface area contributed by atoms with Crippen molar-refractivity contribution in [2.75, 3.05) is 26.7 Å². The van der Waals surface area contributed by atoms with Crippen LogP contribution in [0.2, 0.25) is 0 Å². The molecule has 38 heavy (non-hydrogen) atoms. The minimum Gasteiger partial charge on any atom is -0.478 e. The normalized spacial score (nSPS) is 18.9. The van der Waals surface area contributed by atoms with Crippen LogP contribution >= 0.6 is 0 Å². The molecule has 200 valence electrons. The zero-order chi connectivity index (χ0) is 27.2. The number of amides is 1. The first-order chi connectivity index (χ1) is 18.3. The topological polar surface area (TPSA) is 90.3 Å². The first kappa shape index (κ1) is 27.5. The van der Waals surface area contributed by atoms with Crippen molar-refractivity contribution in [1.82, 2.24) is 9.80 Å². The number of hydrogen-bond acceptors (Lipinski definition) is 5. The third-order valence-corrected chi connectivity index (χ3v) is 7.21. The van der Waals surface area contributed by atoms with E-state index in [0.29, 0.717) is 31.8 Å². The highest BCUT2D eigenvalue weighted by molar-refractivity contribution is 6.01. The Hall–Kier alpha value is -3.52. The van der Waals surface area contributed by atoms with Crippen molar-refractivity contribution in [2.24, 2.45) is 5.92 Å².